The Kier molecular flexibility index (Phi) is 8.77. The minimum atomic E-state index is -0.166. The smallest absolute Gasteiger partial charge is 0.141 e. The van der Waals surface area contributed by atoms with Crippen molar-refractivity contribution in [3.05, 3.63) is 66.2 Å². The second-order valence-electron chi connectivity index (χ2n) is 12.1. The van der Waals surface area contributed by atoms with Crippen LogP contribution in [0.1, 0.15) is 54.1 Å². The third-order valence-electron chi connectivity index (χ3n) is 8.67. The zero-order chi connectivity index (χ0) is 29.0. The van der Waals surface area contributed by atoms with Crippen LogP contribution in [0.3, 0.4) is 0 Å². The Labute approximate surface area is 247 Å². The molecule has 0 bridgehead atoms. The predicted molar refractivity (Wildman–Crippen MR) is 169 cm³/mol. The number of anilines is 4. The van der Waals surface area contributed by atoms with Crippen LogP contribution in [0, 0.1) is 0 Å². The van der Waals surface area contributed by atoms with Crippen molar-refractivity contribution in [2.75, 3.05) is 56.1 Å². The maximum atomic E-state index is 6.17. The minimum Gasteiger partial charge on any atom is -0.388 e. The Hall–Kier alpha value is -3.27. The van der Waals surface area contributed by atoms with Crippen molar-refractivity contribution < 1.29 is 12.3 Å². The number of rotatable bonds is 6. The number of aromatic nitrogens is 3. The van der Waals surface area contributed by atoms with E-state index in [1.165, 1.54) is 18.5 Å². The van der Waals surface area contributed by atoms with Gasteiger partial charge in [-0.15, -0.1) is 0 Å². The van der Waals surface area contributed by atoms with E-state index in [1.54, 1.807) is 6.33 Å². The van der Waals surface area contributed by atoms with E-state index >= 15 is 0 Å². The molecule has 2 saturated heterocycles. The van der Waals surface area contributed by atoms with E-state index in [0.717, 1.165) is 54.8 Å². The maximum Gasteiger partial charge on any atom is 0.141 e. The molecule has 0 aliphatic carbocycles. The normalized spacial score (nSPS) is 24.5. The van der Waals surface area contributed by atoms with Crippen molar-refractivity contribution in [2.24, 2.45) is 0 Å². The lowest BCUT2D eigenvalue weighted by atomic mass is 9.73. The van der Waals surface area contributed by atoms with Gasteiger partial charge in [-0.25, -0.2) is 15.0 Å². The highest BCUT2D eigenvalue weighted by molar-refractivity contribution is 5.69. The van der Waals surface area contributed by atoms with Crippen LogP contribution in [0.25, 0.3) is 0 Å². The predicted octanol–water partition coefficient (Wildman–Crippen LogP) is 5.40. The molecule has 0 amide bonds. The summed E-state index contributed by atoms with van der Waals surface area (Å²) in [7, 11) is 6.02. The molecule has 3 aliphatic rings. The van der Waals surface area contributed by atoms with E-state index in [4.69, 9.17) is 14.5 Å². The standard InChI is InChI=1S/C19H25N5O.C13H20N2O.2H2/c1-18(2)8-15-19(3,11-25-18)14-10-21-12-22-17(14)24(15)16-7-5-6-13(23-16)9-20-4;1-14-11-5-7-12(8-6-11)15(2)13-4-3-9-16-10-13;;/h5-7,10,12,15,20H,8-9,11H2,1-4H3;5-8,13-14H,3-4,9-10H2,1-2H3;2*1H/t15-,19-;13-;;/m00../s1. The molecule has 1 aromatic carbocycles. The first kappa shape index (κ1) is 29.2. The topological polar surface area (TPSA) is 87.7 Å². The Morgan fingerprint density at radius 3 is 2.63 bits per heavy atom. The molecule has 3 atom stereocenters. The molecular formula is C32H49N7O2. The molecule has 5 heterocycles. The Morgan fingerprint density at radius 1 is 1.12 bits per heavy atom. The van der Waals surface area contributed by atoms with E-state index in [2.05, 4.69) is 94.6 Å². The van der Waals surface area contributed by atoms with Crippen molar-refractivity contribution in [3.63, 3.8) is 0 Å². The number of ether oxygens (including phenoxy) is 2. The van der Waals surface area contributed by atoms with Crippen LogP contribution >= 0.6 is 0 Å². The molecule has 0 spiro atoms. The second-order valence-corrected chi connectivity index (χ2v) is 12.1. The summed E-state index contributed by atoms with van der Waals surface area (Å²) in [5, 5.41) is 6.30. The van der Waals surface area contributed by atoms with Gasteiger partial charge < -0.3 is 29.9 Å². The fourth-order valence-electron chi connectivity index (χ4n) is 6.14. The van der Waals surface area contributed by atoms with Gasteiger partial charge in [-0.05, 0) is 76.6 Å². The minimum absolute atomic E-state index is 0. The summed E-state index contributed by atoms with van der Waals surface area (Å²) in [6, 6.07) is 15.5. The van der Waals surface area contributed by atoms with Gasteiger partial charge in [0, 0.05) is 58.7 Å². The summed E-state index contributed by atoms with van der Waals surface area (Å²) in [6.07, 6.45) is 6.87. The van der Waals surface area contributed by atoms with Crippen LogP contribution < -0.4 is 20.4 Å². The monoisotopic (exact) mass is 563 g/mol. The van der Waals surface area contributed by atoms with Gasteiger partial charge in [-0.1, -0.05) is 13.0 Å². The molecule has 9 heteroatoms. The lowest BCUT2D eigenvalue weighted by molar-refractivity contribution is -0.0893. The van der Waals surface area contributed by atoms with Crippen molar-refractivity contribution in [1.29, 1.82) is 0 Å². The second kappa shape index (κ2) is 12.3. The molecule has 3 aliphatic heterocycles. The van der Waals surface area contributed by atoms with Gasteiger partial charge in [0.1, 0.15) is 18.0 Å². The highest BCUT2D eigenvalue weighted by atomic mass is 16.5. The van der Waals surface area contributed by atoms with Gasteiger partial charge in [0.2, 0.25) is 0 Å². The number of fused-ring (bicyclic) bond motifs is 3. The number of hydrogen-bond donors (Lipinski definition) is 2. The number of nitrogens with zero attached hydrogens (tertiary/aromatic N) is 5. The van der Waals surface area contributed by atoms with E-state index < -0.39 is 0 Å². The van der Waals surface area contributed by atoms with Crippen molar-refractivity contribution >= 4 is 23.0 Å². The van der Waals surface area contributed by atoms with Crippen LogP contribution in [0.2, 0.25) is 0 Å². The Balaban J connectivity index is 0.000000246. The lowest BCUT2D eigenvalue weighted by Crippen LogP contribution is -2.54. The summed E-state index contributed by atoms with van der Waals surface area (Å²) in [4.78, 5) is 18.4. The number of likely N-dealkylation sites (N-methyl/N-ethyl adjacent to an activating group) is 1. The van der Waals surface area contributed by atoms with Gasteiger partial charge in [-0.2, -0.15) is 0 Å². The molecule has 224 valence electrons. The first-order chi connectivity index (χ1) is 19.8. The van der Waals surface area contributed by atoms with Crippen molar-refractivity contribution in [2.45, 2.75) is 69.7 Å². The highest BCUT2D eigenvalue weighted by Crippen LogP contribution is 2.52. The zero-order valence-corrected chi connectivity index (χ0v) is 25.4. The van der Waals surface area contributed by atoms with Gasteiger partial charge in [0.05, 0.1) is 36.6 Å². The first-order valence-corrected chi connectivity index (χ1v) is 14.7. The van der Waals surface area contributed by atoms with E-state index in [1.807, 2.05) is 26.4 Å². The fourth-order valence-corrected chi connectivity index (χ4v) is 6.14. The number of nitrogens with one attached hydrogen (secondary N) is 2. The zero-order valence-electron chi connectivity index (χ0n) is 25.4. The summed E-state index contributed by atoms with van der Waals surface area (Å²) >= 11 is 0. The summed E-state index contributed by atoms with van der Waals surface area (Å²) in [6.45, 7) is 9.75. The SMILES string of the molecule is CNCc1cccc(N2c3ncncc3[C@]3(C)COC(C)(C)C[C@H]23)n1.CNc1ccc(N(C)[C@H]2CCCOC2)cc1.[HH].[HH]. The highest BCUT2D eigenvalue weighted by Gasteiger charge is 2.55. The Bertz CT molecular complexity index is 1310. The quantitative estimate of drug-likeness (QED) is 0.409. The summed E-state index contributed by atoms with van der Waals surface area (Å²) in [5.41, 5.74) is 4.28. The van der Waals surface area contributed by atoms with Crippen LogP contribution in [-0.4, -0.2) is 73.6 Å². The van der Waals surface area contributed by atoms with Crippen LogP contribution in [0.5, 0.6) is 0 Å². The number of benzene rings is 1. The summed E-state index contributed by atoms with van der Waals surface area (Å²) < 4.78 is 11.7. The van der Waals surface area contributed by atoms with Crippen molar-refractivity contribution in [3.8, 4) is 0 Å². The molecule has 0 unspecified atom stereocenters. The molecular weight excluding hydrogens is 514 g/mol. The molecule has 0 radical (unpaired) electrons. The summed E-state index contributed by atoms with van der Waals surface area (Å²) in [5.74, 6) is 1.90. The van der Waals surface area contributed by atoms with Gasteiger partial charge in [0.15, 0.2) is 0 Å². The molecule has 41 heavy (non-hydrogen) atoms. The van der Waals surface area contributed by atoms with Gasteiger partial charge in [-0.3, -0.25) is 0 Å². The van der Waals surface area contributed by atoms with E-state index in [9.17, 15) is 0 Å². The van der Waals surface area contributed by atoms with E-state index in [0.29, 0.717) is 12.6 Å². The number of pyridine rings is 1. The molecule has 0 saturated carbocycles. The van der Waals surface area contributed by atoms with Crippen LogP contribution in [-0.2, 0) is 21.4 Å². The molecule has 9 nitrogen and oxygen atoms in total. The van der Waals surface area contributed by atoms with Gasteiger partial charge in [0.25, 0.3) is 0 Å². The first-order valence-electron chi connectivity index (χ1n) is 14.7. The maximum absolute atomic E-state index is 6.17. The molecule has 2 aromatic heterocycles. The average Bonchev–Trinajstić information content (AvgIpc) is 3.25. The fraction of sp³-hybridized carbons (Fsp3) is 0.531. The number of hydrogen-bond acceptors (Lipinski definition) is 9. The molecule has 3 aromatic rings. The molecule has 2 N–H and O–H groups in total. The van der Waals surface area contributed by atoms with Crippen LogP contribution in [0.15, 0.2) is 55.0 Å². The molecule has 6 rings (SSSR count). The van der Waals surface area contributed by atoms with Crippen LogP contribution in [0.4, 0.5) is 23.0 Å². The average molecular weight is 564 g/mol. The lowest BCUT2D eigenvalue weighted by Gasteiger charge is -2.46. The Morgan fingerprint density at radius 2 is 1.93 bits per heavy atom. The largest absolute Gasteiger partial charge is 0.388 e. The third kappa shape index (κ3) is 6.17. The van der Waals surface area contributed by atoms with Gasteiger partial charge >= 0.3 is 0 Å². The molecule has 2 fully saturated rings. The van der Waals surface area contributed by atoms with E-state index in [-0.39, 0.29) is 19.9 Å². The van der Waals surface area contributed by atoms with Crippen molar-refractivity contribution in [1.82, 2.24) is 20.3 Å². The third-order valence-corrected chi connectivity index (χ3v) is 8.67.